The van der Waals surface area contributed by atoms with Crippen LogP contribution >= 0.6 is 0 Å². The van der Waals surface area contributed by atoms with Gasteiger partial charge in [0, 0.05) is 0 Å². The Morgan fingerprint density at radius 1 is 1.36 bits per heavy atom. The van der Waals surface area contributed by atoms with Crippen LogP contribution in [0.3, 0.4) is 0 Å². The molecule has 0 saturated heterocycles. The number of carboxylic acids is 1. The fraction of sp³-hybridized carbons (Fsp3) is 0.625. The van der Waals surface area contributed by atoms with Gasteiger partial charge in [0.15, 0.2) is 0 Å². The quantitative estimate of drug-likeness (QED) is 0.553. The van der Waals surface area contributed by atoms with Gasteiger partial charge in [-0.2, -0.15) is 0 Å². The molecule has 3 heteroatoms. The Morgan fingerprint density at radius 2 is 1.82 bits per heavy atom. The standard InChI is InChI=1S/C8H13NO2/c9-8(7(10)11)5-3-1-2-4-6-8/h1-2H,3-6,9H2,(H,10,11). The summed E-state index contributed by atoms with van der Waals surface area (Å²) >= 11 is 0. The van der Waals surface area contributed by atoms with E-state index in [0.717, 1.165) is 12.8 Å². The third-order valence-electron chi connectivity index (χ3n) is 2.11. The largest absolute Gasteiger partial charge is 0.480 e. The molecule has 0 unspecified atom stereocenters. The Morgan fingerprint density at radius 3 is 2.18 bits per heavy atom. The molecule has 1 rings (SSSR count). The van der Waals surface area contributed by atoms with Gasteiger partial charge in [-0.3, -0.25) is 4.79 Å². The van der Waals surface area contributed by atoms with Crippen LogP contribution in [0.25, 0.3) is 0 Å². The van der Waals surface area contributed by atoms with Gasteiger partial charge in [0.2, 0.25) is 0 Å². The molecule has 0 aromatic carbocycles. The first-order valence-corrected chi connectivity index (χ1v) is 3.82. The van der Waals surface area contributed by atoms with Crippen molar-refractivity contribution in [3.63, 3.8) is 0 Å². The summed E-state index contributed by atoms with van der Waals surface area (Å²) in [5.41, 5.74) is 4.68. The molecule has 0 heterocycles. The second-order valence-electron chi connectivity index (χ2n) is 3.01. The van der Waals surface area contributed by atoms with Gasteiger partial charge in [0.1, 0.15) is 5.54 Å². The van der Waals surface area contributed by atoms with Crippen molar-refractivity contribution < 1.29 is 9.90 Å². The van der Waals surface area contributed by atoms with Crippen molar-refractivity contribution in [2.45, 2.75) is 31.2 Å². The van der Waals surface area contributed by atoms with Crippen molar-refractivity contribution in [2.75, 3.05) is 0 Å². The Kier molecular flexibility index (Phi) is 2.29. The van der Waals surface area contributed by atoms with E-state index in [1.807, 2.05) is 12.2 Å². The highest BCUT2D eigenvalue weighted by molar-refractivity contribution is 5.78. The van der Waals surface area contributed by atoms with Gasteiger partial charge in [-0.15, -0.1) is 0 Å². The number of allylic oxidation sites excluding steroid dienone is 2. The maximum absolute atomic E-state index is 10.7. The normalized spacial score (nSPS) is 22.6. The van der Waals surface area contributed by atoms with E-state index in [0.29, 0.717) is 12.8 Å². The van der Waals surface area contributed by atoms with E-state index >= 15 is 0 Å². The maximum atomic E-state index is 10.7. The summed E-state index contributed by atoms with van der Waals surface area (Å²) in [4.78, 5) is 10.7. The monoisotopic (exact) mass is 155 g/mol. The first kappa shape index (κ1) is 8.27. The minimum Gasteiger partial charge on any atom is -0.480 e. The Bertz CT molecular complexity index is 177. The SMILES string of the molecule is NC1(C(=O)O)CCC=CCC1. The van der Waals surface area contributed by atoms with Crippen LogP contribution in [0.5, 0.6) is 0 Å². The first-order chi connectivity index (χ1) is 5.15. The Balaban J connectivity index is 2.64. The van der Waals surface area contributed by atoms with Crippen LogP contribution in [0.1, 0.15) is 25.7 Å². The van der Waals surface area contributed by atoms with Gasteiger partial charge in [0.25, 0.3) is 0 Å². The lowest BCUT2D eigenvalue weighted by molar-refractivity contribution is -0.143. The van der Waals surface area contributed by atoms with Crippen molar-refractivity contribution in [1.29, 1.82) is 0 Å². The molecule has 0 bridgehead atoms. The van der Waals surface area contributed by atoms with Gasteiger partial charge in [-0.05, 0) is 25.7 Å². The maximum Gasteiger partial charge on any atom is 0.323 e. The topological polar surface area (TPSA) is 63.3 Å². The molecular weight excluding hydrogens is 142 g/mol. The summed E-state index contributed by atoms with van der Waals surface area (Å²) in [7, 11) is 0. The predicted octanol–water partition coefficient (Wildman–Crippen LogP) is 0.899. The van der Waals surface area contributed by atoms with Crippen LogP contribution in [-0.4, -0.2) is 16.6 Å². The van der Waals surface area contributed by atoms with Gasteiger partial charge in [0.05, 0.1) is 0 Å². The molecule has 0 radical (unpaired) electrons. The summed E-state index contributed by atoms with van der Waals surface area (Å²) < 4.78 is 0. The van der Waals surface area contributed by atoms with E-state index in [2.05, 4.69) is 0 Å². The highest BCUT2D eigenvalue weighted by Gasteiger charge is 2.32. The molecule has 0 aliphatic heterocycles. The molecule has 0 spiro atoms. The Labute approximate surface area is 65.9 Å². The van der Waals surface area contributed by atoms with Crippen LogP contribution in [0.15, 0.2) is 12.2 Å². The van der Waals surface area contributed by atoms with Crippen LogP contribution in [-0.2, 0) is 4.79 Å². The van der Waals surface area contributed by atoms with E-state index in [1.54, 1.807) is 0 Å². The molecule has 0 aromatic heterocycles. The lowest BCUT2D eigenvalue weighted by Gasteiger charge is -2.21. The molecule has 0 saturated carbocycles. The minimum absolute atomic E-state index is 0.554. The van der Waals surface area contributed by atoms with Gasteiger partial charge in [-0.25, -0.2) is 0 Å². The van der Waals surface area contributed by atoms with Crippen LogP contribution in [0, 0.1) is 0 Å². The lowest BCUT2D eigenvalue weighted by atomic mass is 9.91. The number of aliphatic carboxylic acids is 1. The van der Waals surface area contributed by atoms with Crippen molar-refractivity contribution in [3.05, 3.63) is 12.2 Å². The summed E-state index contributed by atoms with van der Waals surface area (Å²) in [6.45, 7) is 0. The highest BCUT2D eigenvalue weighted by Crippen LogP contribution is 2.20. The predicted molar refractivity (Wildman–Crippen MR) is 42.2 cm³/mol. The van der Waals surface area contributed by atoms with E-state index in [4.69, 9.17) is 10.8 Å². The molecule has 0 fully saturated rings. The van der Waals surface area contributed by atoms with Crippen molar-refractivity contribution in [3.8, 4) is 0 Å². The van der Waals surface area contributed by atoms with E-state index in [9.17, 15) is 4.79 Å². The zero-order valence-corrected chi connectivity index (χ0v) is 6.42. The summed E-state index contributed by atoms with van der Waals surface area (Å²) in [6, 6.07) is 0. The lowest BCUT2D eigenvalue weighted by Crippen LogP contribution is -2.47. The zero-order valence-electron chi connectivity index (χ0n) is 6.42. The molecule has 3 nitrogen and oxygen atoms in total. The average Bonchev–Trinajstić information content (AvgIpc) is 2.15. The minimum atomic E-state index is -0.983. The first-order valence-electron chi connectivity index (χ1n) is 3.82. The molecule has 0 atom stereocenters. The number of rotatable bonds is 1. The third kappa shape index (κ3) is 1.80. The van der Waals surface area contributed by atoms with Gasteiger partial charge < -0.3 is 10.8 Å². The molecule has 1 aliphatic carbocycles. The van der Waals surface area contributed by atoms with Crippen molar-refractivity contribution in [2.24, 2.45) is 5.73 Å². The summed E-state index contributed by atoms with van der Waals surface area (Å²) in [6.07, 6.45) is 6.67. The number of hydrogen-bond donors (Lipinski definition) is 2. The van der Waals surface area contributed by atoms with Crippen LogP contribution in [0.4, 0.5) is 0 Å². The highest BCUT2D eigenvalue weighted by atomic mass is 16.4. The molecule has 0 amide bonds. The molecule has 11 heavy (non-hydrogen) atoms. The summed E-state index contributed by atoms with van der Waals surface area (Å²) in [5.74, 6) is -0.874. The second kappa shape index (κ2) is 3.05. The molecule has 0 aromatic rings. The fourth-order valence-electron chi connectivity index (χ4n) is 1.26. The molecular formula is C8H13NO2. The van der Waals surface area contributed by atoms with E-state index in [1.165, 1.54) is 0 Å². The van der Waals surface area contributed by atoms with Gasteiger partial charge in [-0.1, -0.05) is 12.2 Å². The van der Waals surface area contributed by atoms with Crippen LogP contribution in [0.2, 0.25) is 0 Å². The second-order valence-corrected chi connectivity index (χ2v) is 3.01. The van der Waals surface area contributed by atoms with E-state index in [-0.39, 0.29) is 0 Å². The average molecular weight is 155 g/mol. The van der Waals surface area contributed by atoms with Gasteiger partial charge >= 0.3 is 5.97 Å². The third-order valence-corrected chi connectivity index (χ3v) is 2.11. The molecule has 3 N–H and O–H groups in total. The number of nitrogens with two attached hydrogens (primary N) is 1. The molecule has 1 aliphatic rings. The summed E-state index contributed by atoms with van der Waals surface area (Å²) in [5, 5.41) is 8.77. The Hall–Kier alpha value is -0.830. The van der Waals surface area contributed by atoms with Crippen molar-refractivity contribution >= 4 is 5.97 Å². The molecule has 62 valence electrons. The number of hydrogen-bond acceptors (Lipinski definition) is 2. The van der Waals surface area contributed by atoms with Crippen LogP contribution < -0.4 is 5.73 Å². The zero-order chi connectivity index (χ0) is 8.32. The number of carbonyl (C=O) groups is 1. The number of carboxylic acid groups (broad SMARTS) is 1. The fourth-order valence-corrected chi connectivity index (χ4v) is 1.26. The van der Waals surface area contributed by atoms with Crippen molar-refractivity contribution in [1.82, 2.24) is 0 Å². The van der Waals surface area contributed by atoms with E-state index < -0.39 is 11.5 Å². The smallest absolute Gasteiger partial charge is 0.323 e.